The van der Waals surface area contributed by atoms with E-state index in [9.17, 15) is 0 Å². The minimum atomic E-state index is 0.428. The maximum Gasteiger partial charge on any atom is 0.139 e. The minimum absolute atomic E-state index is 0.428. The molecule has 2 fully saturated rings. The van der Waals surface area contributed by atoms with Gasteiger partial charge in [0.25, 0.3) is 0 Å². The normalized spacial score (nSPS) is 38.8. The highest BCUT2D eigenvalue weighted by atomic mass is 15.9. The van der Waals surface area contributed by atoms with Crippen molar-refractivity contribution in [1.29, 1.82) is 0 Å². The van der Waals surface area contributed by atoms with Crippen LogP contribution in [0.3, 0.4) is 0 Å². The average Bonchev–Trinajstić information content (AvgIpc) is 2.33. The van der Waals surface area contributed by atoms with Crippen LogP contribution in [0, 0.1) is 0 Å². The number of nitrogens with two attached hydrogens (primary N) is 2. The third kappa shape index (κ3) is 2.22. The van der Waals surface area contributed by atoms with Crippen LogP contribution in [0.5, 0.6) is 0 Å². The van der Waals surface area contributed by atoms with E-state index in [0.717, 1.165) is 52.2 Å². The summed E-state index contributed by atoms with van der Waals surface area (Å²) in [7, 11) is 0. The summed E-state index contributed by atoms with van der Waals surface area (Å²) in [4.78, 5) is 0. The molecule has 2 unspecified atom stereocenters. The van der Waals surface area contributed by atoms with Crippen LogP contribution in [-0.2, 0) is 0 Å². The molecule has 0 aromatic heterocycles. The zero-order valence-electron chi connectivity index (χ0n) is 10.2. The van der Waals surface area contributed by atoms with Crippen molar-refractivity contribution in [1.82, 2.24) is 15.3 Å². The summed E-state index contributed by atoms with van der Waals surface area (Å²) < 4.78 is 0.589. The van der Waals surface area contributed by atoms with E-state index in [4.69, 9.17) is 11.7 Å². The zero-order valence-corrected chi connectivity index (χ0v) is 10.2. The Morgan fingerprint density at radius 1 is 1.31 bits per heavy atom. The molecular formula is C10H25N6+. The average molecular weight is 229 g/mol. The van der Waals surface area contributed by atoms with Gasteiger partial charge in [0, 0.05) is 19.5 Å². The van der Waals surface area contributed by atoms with Crippen molar-refractivity contribution in [3.8, 4) is 0 Å². The van der Waals surface area contributed by atoms with Crippen molar-refractivity contribution in [2.75, 3.05) is 45.8 Å². The van der Waals surface area contributed by atoms with Crippen LogP contribution in [-0.4, -0.2) is 66.6 Å². The Bertz CT molecular complexity index is 225. The van der Waals surface area contributed by atoms with Gasteiger partial charge in [-0.25, -0.2) is 5.01 Å². The van der Waals surface area contributed by atoms with Crippen molar-refractivity contribution in [3.05, 3.63) is 0 Å². The van der Waals surface area contributed by atoms with Crippen molar-refractivity contribution in [3.63, 3.8) is 0 Å². The molecule has 0 saturated carbocycles. The fraction of sp³-hybridized carbons (Fsp3) is 1.00. The van der Waals surface area contributed by atoms with Crippen molar-refractivity contribution in [2.45, 2.75) is 19.4 Å². The van der Waals surface area contributed by atoms with Gasteiger partial charge in [-0.05, 0) is 0 Å². The number of hydrogen-bond donors (Lipinski definition) is 3. The monoisotopic (exact) mass is 229 g/mol. The summed E-state index contributed by atoms with van der Waals surface area (Å²) >= 11 is 0. The van der Waals surface area contributed by atoms with Gasteiger partial charge in [0.15, 0.2) is 0 Å². The summed E-state index contributed by atoms with van der Waals surface area (Å²) in [5.74, 6) is 12.5. The highest BCUT2D eigenvalue weighted by Gasteiger charge is 2.43. The highest BCUT2D eigenvalue weighted by molar-refractivity contribution is 4.69. The van der Waals surface area contributed by atoms with Crippen LogP contribution in [0.1, 0.15) is 13.3 Å². The van der Waals surface area contributed by atoms with E-state index < -0.39 is 0 Å². The molecule has 0 amide bonds. The molecule has 2 saturated heterocycles. The third-order valence-corrected chi connectivity index (χ3v) is 3.91. The molecule has 0 aliphatic carbocycles. The van der Waals surface area contributed by atoms with Gasteiger partial charge < -0.3 is 5.32 Å². The number of nitrogens with zero attached hydrogens (tertiary/aromatic N) is 3. The molecule has 2 aliphatic heterocycles. The minimum Gasteiger partial charge on any atom is -0.314 e. The molecule has 0 aromatic rings. The first-order valence-electron chi connectivity index (χ1n) is 6.29. The van der Waals surface area contributed by atoms with E-state index in [1.165, 1.54) is 0 Å². The molecule has 0 spiro atoms. The molecular weight excluding hydrogens is 204 g/mol. The topological polar surface area (TPSA) is 70.5 Å². The molecule has 16 heavy (non-hydrogen) atoms. The van der Waals surface area contributed by atoms with Gasteiger partial charge in [-0.3, -0.25) is 5.84 Å². The summed E-state index contributed by atoms with van der Waals surface area (Å²) in [6, 6.07) is 0.428. The van der Waals surface area contributed by atoms with E-state index in [1.807, 2.05) is 5.01 Å². The Labute approximate surface area is 97.6 Å². The molecule has 0 aromatic carbocycles. The summed E-state index contributed by atoms with van der Waals surface area (Å²) in [5, 5.41) is 7.67. The van der Waals surface area contributed by atoms with E-state index in [2.05, 4.69) is 17.2 Å². The van der Waals surface area contributed by atoms with Crippen molar-refractivity contribution in [2.24, 2.45) is 11.7 Å². The predicted octanol–water partition coefficient (Wildman–Crippen LogP) is -1.53. The Morgan fingerprint density at radius 2 is 2.00 bits per heavy atom. The second kappa shape index (κ2) is 4.95. The molecule has 94 valence electrons. The molecule has 2 heterocycles. The summed E-state index contributed by atoms with van der Waals surface area (Å²) in [5.41, 5.74) is 0. The van der Waals surface area contributed by atoms with Crippen LogP contribution >= 0.6 is 0 Å². The van der Waals surface area contributed by atoms with E-state index >= 15 is 0 Å². The van der Waals surface area contributed by atoms with Crippen LogP contribution in [0.25, 0.3) is 0 Å². The Kier molecular flexibility index (Phi) is 3.78. The fourth-order valence-electron chi connectivity index (χ4n) is 2.82. The second-order valence-electron chi connectivity index (χ2n) is 4.87. The first-order valence-corrected chi connectivity index (χ1v) is 6.29. The molecule has 0 bridgehead atoms. The van der Waals surface area contributed by atoms with Gasteiger partial charge in [-0.2, -0.15) is 10.5 Å². The fourth-order valence-corrected chi connectivity index (χ4v) is 2.82. The quantitative estimate of drug-likeness (QED) is 0.396. The van der Waals surface area contributed by atoms with Gasteiger partial charge in [0.05, 0.1) is 26.2 Å². The highest BCUT2D eigenvalue weighted by Crippen LogP contribution is 2.20. The number of quaternary nitrogens is 1. The van der Waals surface area contributed by atoms with Crippen LogP contribution in [0.4, 0.5) is 0 Å². The maximum atomic E-state index is 6.60. The van der Waals surface area contributed by atoms with E-state index in [1.54, 1.807) is 0 Å². The lowest BCUT2D eigenvalue weighted by Crippen LogP contribution is -2.78. The van der Waals surface area contributed by atoms with Crippen LogP contribution < -0.4 is 17.0 Å². The molecule has 0 radical (unpaired) electrons. The predicted molar refractivity (Wildman–Crippen MR) is 63.6 cm³/mol. The Hall–Kier alpha value is -0.240. The first kappa shape index (κ1) is 12.2. The molecule has 6 heteroatoms. The van der Waals surface area contributed by atoms with Crippen molar-refractivity contribution >= 4 is 0 Å². The SMILES string of the molecule is CCC1CN(N)CC[N+]1(N)N1CCNCC1. The van der Waals surface area contributed by atoms with Crippen LogP contribution in [0.2, 0.25) is 0 Å². The van der Waals surface area contributed by atoms with Gasteiger partial charge in [-0.1, -0.05) is 6.92 Å². The smallest absolute Gasteiger partial charge is 0.139 e. The second-order valence-corrected chi connectivity index (χ2v) is 4.87. The first-order chi connectivity index (χ1) is 7.66. The molecule has 6 nitrogen and oxygen atoms in total. The molecule has 2 rings (SSSR count). The summed E-state index contributed by atoms with van der Waals surface area (Å²) in [6.07, 6.45) is 1.08. The van der Waals surface area contributed by atoms with Gasteiger partial charge >= 0.3 is 0 Å². The van der Waals surface area contributed by atoms with Crippen LogP contribution in [0.15, 0.2) is 0 Å². The number of rotatable bonds is 2. The number of piperazine rings is 2. The van der Waals surface area contributed by atoms with Gasteiger partial charge in [-0.15, -0.1) is 5.01 Å². The lowest BCUT2D eigenvalue weighted by molar-refractivity contribution is -1.07. The maximum absolute atomic E-state index is 6.60. The number of hydrogen-bond acceptors (Lipinski definition) is 5. The Morgan fingerprint density at radius 3 is 2.62 bits per heavy atom. The lowest BCUT2D eigenvalue weighted by atomic mass is 10.1. The largest absolute Gasteiger partial charge is 0.314 e. The summed E-state index contributed by atoms with van der Waals surface area (Å²) in [6.45, 7) is 9.07. The van der Waals surface area contributed by atoms with E-state index in [-0.39, 0.29) is 0 Å². The molecule has 2 atom stereocenters. The third-order valence-electron chi connectivity index (χ3n) is 3.91. The molecule has 2 aliphatic rings. The molecule has 5 N–H and O–H groups in total. The number of hydrazine groups is 1. The van der Waals surface area contributed by atoms with E-state index in [0.29, 0.717) is 10.7 Å². The van der Waals surface area contributed by atoms with Crippen molar-refractivity contribution < 1.29 is 4.70 Å². The van der Waals surface area contributed by atoms with Gasteiger partial charge in [0.1, 0.15) is 12.6 Å². The number of nitrogens with one attached hydrogen (secondary N) is 1. The Balaban J connectivity index is 2.07. The van der Waals surface area contributed by atoms with Gasteiger partial charge in [0.2, 0.25) is 0 Å². The standard InChI is InChI=1S/C10H25N6/c1-2-10-9-14(11)7-8-16(10,12)15-5-3-13-4-6-15/h10,13H,2-9,11-12H2,1H3/q+1. The zero-order chi connectivity index (χ0) is 11.6. The lowest BCUT2D eigenvalue weighted by Gasteiger charge is -2.51.